The third-order valence-corrected chi connectivity index (χ3v) is 8.15. The van der Waals surface area contributed by atoms with Gasteiger partial charge >= 0.3 is 0 Å². The first-order valence-electron chi connectivity index (χ1n) is 10.9. The molecule has 0 radical (unpaired) electrons. The van der Waals surface area contributed by atoms with Gasteiger partial charge in [0.05, 0.1) is 47.0 Å². The Hall–Kier alpha value is -2.94. The van der Waals surface area contributed by atoms with Gasteiger partial charge in [-0.25, -0.2) is 18.1 Å². The number of hydrogen-bond acceptors (Lipinski definition) is 6. The number of nitrogens with zero attached hydrogens (tertiary/aromatic N) is 4. The first-order chi connectivity index (χ1) is 15.4. The lowest BCUT2D eigenvalue weighted by molar-refractivity contribution is 0.0794. The Morgan fingerprint density at radius 2 is 1.88 bits per heavy atom. The molecule has 0 aliphatic carbocycles. The molecule has 1 amide bonds. The van der Waals surface area contributed by atoms with Crippen molar-refractivity contribution in [2.75, 3.05) is 31.7 Å². The Kier molecular flexibility index (Phi) is 5.16. The molecule has 0 bridgehead atoms. The van der Waals surface area contributed by atoms with E-state index >= 15 is 0 Å². The van der Waals surface area contributed by atoms with E-state index in [1.807, 2.05) is 42.2 Å². The van der Waals surface area contributed by atoms with E-state index in [4.69, 9.17) is 9.72 Å². The quantitative estimate of drug-likeness (QED) is 0.602. The minimum atomic E-state index is -3.09. The standard InChI is InChI=1S/C23H26N4O4S/c1-15-21-19(23(28)26-10-3-4-11-26)13-20(16-5-7-18(31-2)8-6-16)24-22(21)27(25-15)17-9-12-32(29,30)14-17/h5-8,13,17H,3-4,9-12,14H2,1-2H3/t17-/m1/s1. The topological polar surface area (TPSA) is 94.4 Å². The normalized spacial score (nSPS) is 20.2. The van der Waals surface area contributed by atoms with Gasteiger partial charge in [-0.1, -0.05) is 0 Å². The summed E-state index contributed by atoms with van der Waals surface area (Å²) < 4.78 is 31.2. The van der Waals surface area contributed by atoms with E-state index < -0.39 is 9.84 Å². The Balaban J connectivity index is 1.70. The molecule has 0 unspecified atom stereocenters. The van der Waals surface area contributed by atoms with Crippen LogP contribution in [0, 0.1) is 6.92 Å². The zero-order chi connectivity index (χ0) is 22.5. The van der Waals surface area contributed by atoms with Crippen molar-refractivity contribution < 1.29 is 17.9 Å². The molecule has 5 rings (SSSR count). The summed E-state index contributed by atoms with van der Waals surface area (Å²) in [6, 6.07) is 9.10. The van der Waals surface area contributed by atoms with Gasteiger partial charge in [0.25, 0.3) is 5.91 Å². The van der Waals surface area contributed by atoms with Crippen LogP contribution in [0.2, 0.25) is 0 Å². The molecule has 1 atom stereocenters. The van der Waals surface area contributed by atoms with E-state index in [1.165, 1.54) is 0 Å². The number of amides is 1. The summed E-state index contributed by atoms with van der Waals surface area (Å²) >= 11 is 0. The number of aromatic nitrogens is 3. The molecule has 8 nitrogen and oxygen atoms in total. The summed E-state index contributed by atoms with van der Waals surface area (Å²) in [5.41, 5.74) is 3.35. The molecule has 0 N–H and O–H groups in total. The molecule has 32 heavy (non-hydrogen) atoms. The number of ether oxygens (including phenoxy) is 1. The molecule has 2 aliphatic rings. The van der Waals surface area contributed by atoms with E-state index in [9.17, 15) is 13.2 Å². The molecule has 2 saturated heterocycles. The van der Waals surface area contributed by atoms with Crippen LogP contribution in [0.15, 0.2) is 30.3 Å². The van der Waals surface area contributed by atoms with Crippen LogP contribution in [0.1, 0.15) is 41.4 Å². The fourth-order valence-electron chi connectivity index (χ4n) is 4.70. The third-order valence-electron chi connectivity index (χ3n) is 6.40. The number of rotatable bonds is 4. The minimum absolute atomic E-state index is 0.0219. The van der Waals surface area contributed by atoms with Crippen LogP contribution in [0.25, 0.3) is 22.3 Å². The lowest BCUT2D eigenvalue weighted by Crippen LogP contribution is -2.28. The fraction of sp³-hybridized carbons (Fsp3) is 0.435. The Bertz CT molecular complexity index is 1290. The van der Waals surface area contributed by atoms with Crippen LogP contribution in [0.5, 0.6) is 5.75 Å². The summed E-state index contributed by atoms with van der Waals surface area (Å²) in [6.07, 6.45) is 2.51. The number of hydrogen-bond donors (Lipinski definition) is 0. The predicted octanol–water partition coefficient (Wildman–Crippen LogP) is 3.01. The molecule has 3 aromatic rings. The Labute approximate surface area is 187 Å². The fourth-order valence-corrected chi connectivity index (χ4v) is 6.40. The number of benzene rings is 1. The number of likely N-dealkylation sites (tertiary alicyclic amines) is 1. The number of sulfone groups is 1. The van der Waals surface area contributed by atoms with Crippen molar-refractivity contribution in [1.29, 1.82) is 0 Å². The van der Waals surface area contributed by atoms with Gasteiger partial charge in [-0.3, -0.25) is 4.79 Å². The first-order valence-corrected chi connectivity index (χ1v) is 12.7. The maximum atomic E-state index is 13.5. The zero-order valence-corrected chi connectivity index (χ0v) is 19.1. The van der Waals surface area contributed by atoms with Crippen LogP contribution in [-0.4, -0.2) is 65.7 Å². The van der Waals surface area contributed by atoms with E-state index in [-0.39, 0.29) is 23.5 Å². The van der Waals surface area contributed by atoms with Crippen molar-refractivity contribution in [2.24, 2.45) is 0 Å². The van der Waals surface area contributed by atoms with Crippen molar-refractivity contribution in [1.82, 2.24) is 19.7 Å². The molecular formula is C23H26N4O4S. The Morgan fingerprint density at radius 1 is 1.16 bits per heavy atom. The van der Waals surface area contributed by atoms with Crippen LogP contribution in [-0.2, 0) is 9.84 Å². The monoisotopic (exact) mass is 454 g/mol. The highest BCUT2D eigenvalue weighted by Gasteiger charge is 2.33. The number of carbonyl (C=O) groups is 1. The average molecular weight is 455 g/mol. The molecule has 0 saturated carbocycles. The van der Waals surface area contributed by atoms with Gasteiger partial charge in [-0.05, 0) is 56.5 Å². The summed E-state index contributed by atoms with van der Waals surface area (Å²) in [6.45, 7) is 3.35. The van der Waals surface area contributed by atoms with E-state index in [2.05, 4.69) is 5.10 Å². The number of methoxy groups -OCH3 is 1. The SMILES string of the molecule is COc1ccc(-c2cc(C(=O)N3CCCC3)c3c(C)nn([C@@H]4CCS(=O)(=O)C4)c3n2)cc1. The second-order valence-electron chi connectivity index (χ2n) is 8.57. The van der Waals surface area contributed by atoms with Crippen molar-refractivity contribution in [3.05, 3.63) is 41.6 Å². The van der Waals surface area contributed by atoms with Gasteiger partial charge in [0.15, 0.2) is 15.5 Å². The highest BCUT2D eigenvalue weighted by molar-refractivity contribution is 7.91. The van der Waals surface area contributed by atoms with Gasteiger partial charge in [-0.2, -0.15) is 5.10 Å². The number of pyridine rings is 1. The second-order valence-corrected chi connectivity index (χ2v) is 10.8. The van der Waals surface area contributed by atoms with Crippen molar-refractivity contribution in [3.8, 4) is 17.0 Å². The van der Waals surface area contributed by atoms with E-state index in [0.29, 0.717) is 34.4 Å². The largest absolute Gasteiger partial charge is 0.497 e. The van der Waals surface area contributed by atoms with Gasteiger partial charge in [0.1, 0.15) is 5.75 Å². The zero-order valence-electron chi connectivity index (χ0n) is 18.2. The van der Waals surface area contributed by atoms with Crippen LogP contribution in [0.4, 0.5) is 0 Å². The Morgan fingerprint density at radius 3 is 2.50 bits per heavy atom. The molecule has 0 spiro atoms. The van der Waals surface area contributed by atoms with Gasteiger partial charge in [0.2, 0.25) is 0 Å². The highest BCUT2D eigenvalue weighted by atomic mass is 32.2. The summed E-state index contributed by atoms with van der Waals surface area (Å²) in [5, 5.41) is 5.38. The highest BCUT2D eigenvalue weighted by Crippen LogP contribution is 2.33. The van der Waals surface area contributed by atoms with Crippen molar-refractivity contribution in [2.45, 2.75) is 32.2 Å². The van der Waals surface area contributed by atoms with E-state index in [1.54, 1.807) is 11.8 Å². The molecule has 2 fully saturated rings. The van der Waals surface area contributed by atoms with Crippen molar-refractivity contribution >= 4 is 26.8 Å². The van der Waals surface area contributed by atoms with Crippen LogP contribution >= 0.6 is 0 Å². The molecule has 9 heteroatoms. The summed E-state index contributed by atoms with van der Waals surface area (Å²) in [5.74, 6) is 0.912. The summed E-state index contributed by atoms with van der Waals surface area (Å²) in [7, 11) is -1.48. The third kappa shape index (κ3) is 3.64. The van der Waals surface area contributed by atoms with Crippen molar-refractivity contribution in [3.63, 3.8) is 0 Å². The molecular weight excluding hydrogens is 428 g/mol. The first kappa shape index (κ1) is 20.9. The maximum absolute atomic E-state index is 13.5. The number of carbonyl (C=O) groups excluding carboxylic acids is 1. The predicted molar refractivity (Wildman–Crippen MR) is 122 cm³/mol. The molecule has 168 valence electrons. The number of fused-ring (bicyclic) bond motifs is 1. The average Bonchev–Trinajstić information content (AvgIpc) is 3.52. The van der Waals surface area contributed by atoms with Crippen LogP contribution < -0.4 is 4.74 Å². The summed E-state index contributed by atoms with van der Waals surface area (Å²) in [4.78, 5) is 20.2. The minimum Gasteiger partial charge on any atom is -0.497 e. The lowest BCUT2D eigenvalue weighted by atomic mass is 10.0. The van der Waals surface area contributed by atoms with E-state index in [0.717, 1.165) is 37.2 Å². The number of aryl methyl sites for hydroxylation is 1. The molecule has 4 heterocycles. The van der Waals surface area contributed by atoms with Gasteiger partial charge < -0.3 is 9.64 Å². The van der Waals surface area contributed by atoms with Gasteiger partial charge in [-0.15, -0.1) is 0 Å². The molecule has 2 aliphatic heterocycles. The lowest BCUT2D eigenvalue weighted by Gasteiger charge is -2.17. The smallest absolute Gasteiger partial charge is 0.254 e. The molecule has 1 aromatic carbocycles. The van der Waals surface area contributed by atoms with Crippen LogP contribution in [0.3, 0.4) is 0 Å². The molecule has 2 aromatic heterocycles. The van der Waals surface area contributed by atoms with Gasteiger partial charge in [0, 0.05) is 18.7 Å². The maximum Gasteiger partial charge on any atom is 0.254 e. The second kappa shape index (κ2) is 7.88.